The molecule has 0 bridgehead atoms. The fraction of sp³-hybridized carbons (Fsp3) is 0.583. The van der Waals surface area contributed by atoms with Crippen LogP contribution in [0.1, 0.15) is 39.3 Å². The number of hydrogen-bond donors (Lipinski definition) is 1. The summed E-state index contributed by atoms with van der Waals surface area (Å²) in [5, 5.41) is 0. The Labute approximate surface area is 104 Å². The van der Waals surface area contributed by atoms with Crippen molar-refractivity contribution in [1.82, 2.24) is 9.71 Å². The van der Waals surface area contributed by atoms with Crippen LogP contribution in [0.3, 0.4) is 0 Å². The van der Waals surface area contributed by atoms with E-state index in [1.807, 2.05) is 39.0 Å². The molecule has 0 aliphatic carbocycles. The minimum Gasteiger partial charge on any atom is -0.259 e. The SMILES string of the molecule is CCCCS(=O)(=O)NC(C)(C)c1ccccn1. The van der Waals surface area contributed by atoms with Crippen LogP contribution >= 0.6 is 0 Å². The van der Waals surface area contributed by atoms with Crippen LogP contribution in [0.4, 0.5) is 0 Å². The number of rotatable bonds is 6. The number of pyridine rings is 1. The number of sulfonamides is 1. The first-order valence-electron chi connectivity index (χ1n) is 5.80. The summed E-state index contributed by atoms with van der Waals surface area (Å²) in [4.78, 5) is 4.19. The molecule has 1 rings (SSSR count). The average Bonchev–Trinajstić information content (AvgIpc) is 2.26. The summed E-state index contributed by atoms with van der Waals surface area (Å²) in [6.45, 7) is 5.61. The lowest BCUT2D eigenvalue weighted by Crippen LogP contribution is -2.42. The Balaban J connectivity index is 2.80. The van der Waals surface area contributed by atoms with Crippen molar-refractivity contribution in [3.63, 3.8) is 0 Å². The molecule has 1 aromatic rings. The number of unbranched alkanes of at least 4 members (excludes halogenated alkanes) is 1. The molecule has 0 atom stereocenters. The van der Waals surface area contributed by atoms with Gasteiger partial charge in [0.2, 0.25) is 10.0 Å². The maximum Gasteiger partial charge on any atom is 0.212 e. The second-order valence-electron chi connectivity index (χ2n) is 4.61. The summed E-state index contributed by atoms with van der Waals surface area (Å²) < 4.78 is 26.4. The normalized spacial score (nSPS) is 12.6. The molecular formula is C12H20N2O2S. The summed E-state index contributed by atoms with van der Waals surface area (Å²) in [7, 11) is -3.24. The monoisotopic (exact) mass is 256 g/mol. The Morgan fingerprint density at radius 3 is 2.59 bits per heavy atom. The third-order valence-electron chi connectivity index (χ3n) is 2.48. The molecule has 0 aromatic carbocycles. The van der Waals surface area contributed by atoms with E-state index in [-0.39, 0.29) is 5.75 Å². The zero-order chi connectivity index (χ0) is 12.9. The predicted molar refractivity (Wildman–Crippen MR) is 69.1 cm³/mol. The van der Waals surface area contributed by atoms with Gasteiger partial charge >= 0.3 is 0 Å². The molecule has 0 saturated carbocycles. The maximum atomic E-state index is 11.8. The molecule has 0 aliphatic rings. The summed E-state index contributed by atoms with van der Waals surface area (Å²) in [6.07, 6.45) is 3.20. The van der Waals surface area contributed by atoms with Crippen molar-refractivity contribution in [3.8, 4) is 0 Å². The predicted octanol–water partition coefficient (Wildman–Crippen LogP) is 2.04. The first kappa shape index (κ1) is 14.1. The number of nitrogens with one attached hydrogen (secondary N) is 1. The lowest BCUT2D eigenvalue weighted by atomic mass is 10.0. The summed E-state index contributed by atoms with van der Waals surface area (Å²) in [6, 6.07) is 5.48. The van der Waals surface area contributed by atoms with Crippen molar-refractivity contribution >= 4 is 10.0 Å². The zero-order valence-corrected chi connectivity index (χ0v) is 11.4. The van der Waals surface area contributed by atoms with Crippen molar-refractivity contribution in [2.45, 2.75) is 39.2 Å². The highest BCUT2D eigenvalue weighted by Crippen LogP contribution is 2.18. The Morgan fingerprint density at radius 1 is 1.35 bits per heavy atom. The van der Waals surface area contributed by atoms with Gasteiger partial charge in [0.15, 0.2) is 0 Å². The molecule has 5 heteroatoms. The second-order valence-corrected chi connectivity index (χ2v) is 6.46. The topological polar surface area (TPSA) is 59.1 Å². The molecule has 0 saturated heterocycles. The smallest absolute Gasteiger partial charge is 0.212 e. The van der Waals surface area contributed by atoms with Gasteiger partial charge in [-0.05, 0) is 32.4 Å². The molecule has 0 amide bonds. The van der Waals surface area contributed by atoms with E-state index in [1.165, 1.54) is 0 Å². The first-order valence-corrected chi connectivity index (χ1v) is 7.46. The van der Waals surface area contributed by atoms with Gasteiger partial charge in [-0.15, -0.1) is 0 Å². The minimum absolute atomic E-state index is 0.166. The molecule has 0 spiro atoms. The largest absolute Gasteiger partial charge is 0.259 e. The molecule has 17 heavy (non-hydrogen) atoms. The number of aromatic nitrogens is 1. The molecule has 4 nitrogen and oxygen atoms in total. The van der Waals surface area contributed by atoms with E-state index in [1.54, 1.807) is 6.20 Å². The van der Waals surface area contributed by atoms with Gasteiger partial charge in [-0.3, -0.25) is 4.98 Å². The standard InChI is InChI=1S/C12H20N2O2S/c1-4-5-10-17(15,16)14-12(2,3)11-8-6-7-9-13-11/h6-9,14H,4-5,10H2,1-3H3. The van der Waals surface area contributed by atoms with Gasteiger partial charge in [-0.2, -0.15) is 0 Å². The second kappa shape index (κ2) is 5.60. The molecule has 1 N–H and O–H groups in total. The van der Waals surface area contributed by atoms with Crippen LogP contribution in [0.25, 0.3) is 0 Å². The molecular weight excluding hydrogens is 236 g/mol. The Kier molecular flexibility index (Phi) is 4.65. The highest BCUT2D eigenvalue weighted by Gasteiger charge is 2.27. The quantitative estimate of drug-likeness (QED) is 0.847. The van der Waals surface area contributed by atoms with Crippen molar-refractivity contribution in [2.75, 3.05) is 5.75 Å². The van der Waals surface area contributed by atoms with Gasteiger partial charge in [-0.25, -0.2) is 13.1 Å². The van der Waals surface area contributed by atoms with Crippen LogP contribution in [-0.2, 0) is 15.6 Å². The van der Waals surface area contributed by atoms with Crippen molar-refractivity contribution in [1.29, 1.82) is 0 Å². The van der Waals surface area contributed by atoms with Crippen LogP contribution in [0.2, 0.25) is 0 Å². The lowest BCUT2D eigenvalue weighted by molar-refractivity contribution is 0.459. The zero-order valence-electron chi connectivity index (χ0n) is 10.6. The van der Waals surface area contributed by atoms with Gasteiger partial charge in [-0.1, -0.05) is 19.4 Å². The van der Waals surface area contributed by atoms with E-state index in [4.69, 9.17) is 0 Å². The average molecular weight is 256 g/mol. The van der Waals surface area contributed by atoms with Crippen LogP contribution in [0.15, 0.2) is 24.4 Å². The van der Waals surface area contributed by atoms with E-state index < -0.39 is 15.6 Å². The third kappa shape index (κ3) is 4.44. The molecule has 0 aliphatic heterocycles. The third-order valence-corrected chi connectivity index (χ3v) is 4.13. The van der Waals surface area contributed by atoms with E-state index in [0.717, 1.165) is 12.1 Å². The Morgan fingerprint density at radius 2 is 2.06 bits per heavy atom. The molecule has 1 aromatic heterocycles. The Hall–Kier alpha value is -0.940. The summed E-state index contributed by atoms with van der Waals surface area (Å²) >= 11 is 0. The molecule has 0 radical (unpaired) electrons. The van der Waals surface area contributed by atoms with Gasteiger partial charge in [0.05, 0.1) is 17.0 Å². The molecule has 1 heterocycles. The van der Waals surface area contributed by atoms with E-state index in [2.05, 4.69) is 9.71 Å². The van der Waals surface area contributed by atoms with Crippen molar-refractivity contribution in [3.05, 3.63) is 30.1 Å². The highest BCUT2D eigenvalue weighted by atomic mass is 32.2. The fourth-order valence-electron chi connectivity index (χ4n) is 1.56. The number of hydrogen-bond acceptors (Lipinski definition) is 3. The molecule has 0 fully saturated rings. The van der Waals surface area contributed by atoms with Crippen molar-refractivity contribution in [2.24, 2.45) is 0 Å². The van der Waals surface area contributed by atoms with Gasteiger partial charge in [0.1, 0.15) is 0 Å². The van der Waals surface area contributed by atoms with Crippen LogP contribution in [0, 0.1) is 0 Å². The van der Waals surface area contributed by atoms with Gasteiger partial charge in [0.25, 0.3) is 0 Å². The van der Waals surface area contributed by atoms with E-state index in [0.29, 0.717) is 6.42 Å². The fourth-order valence-corrected chi connectivity index (χ4v) is 3.21. The minimum atomic E-state index is -3.24. The summed E-state index contributed by atoms with van der Waals surface area (Å²) in [5.74, 6) is 0.166. The molecule has 0 unspecified atom stereocenters. The molecule has 96 valence electrons. The maximum absolute atomic E-state index is 11.8. The Bertz CT molecular complexity index is 441. The highest BCUT2D eigenvalue weighted by molar-refractivity contribution is 7.89. The van der Waals surface area contributed by atoms with E-state index >= 15 is 0 Å². The van der Waals surface area contributed by atoms with Crippen molar-refractivity contribution < 1.29 is 8.42 Å². The first-order chi connectivity index (χ1) is 7.87. The summed E-state index contributed by atoms with van der Waals surface area (Å²) in [5.41, 5.74) is 0.0495. The van der Waals surface area contributed by atoms with E-state index in [9.17, 15) is 8.42 Å². The van der Waals surface area contributed by atoms with Gasteiger partial charge < -0.3 is 0 Å². The van der Waals surface area contributed by atoms with Crippen LogP contribution in [0.5, 0.6) is 0 Å². The number of nitrogens with zero attached hydrogens (tertiary/aromatic N) is 1. The van der Waals surface area contributed by atoms with Gasteiger partial charge in [0, 0.05) is 6.20 Å². The van der Waals surface area contributed by atoms with Crippen LogP contribution < -0.4 is 4.72 Å². The lowest BCUT2D eigenvalue weighted by Gasteiger charge is -2.25. The van der Waals surface area contributed by atoms with Crippen LogP contribution in [-0.4, -0.2) is 19.2 Å².